The number of benzene rings is 1. The van der Waals surface area contributed by atoms with Crippen LogP contribution in [0.5, 0.6) is 0 Å². The van der Waals surface area contributed by atoms with Crippen LogP contribution >= 0.6 is 15.9 Å². The summed E-state index contributed by atoms with van der Waals surface area (Å²) < 4.78 is 0.968. The first kappa shape index (κ1) is 14.8. The second-order valence-corrected chi connectivity index (χ2v) is 5.95. The average molecular weight is 323 g/mol. The molecule has 0 bridgehead atoms. The quantitative estimate of drug-likeness (QED) is 0.832. The molecule has 0 saturated carbocycles. The first-order chi connectivity index (χ1) is 9.10. The van der Waals surface area contributed by atoms with Gasteiger partial charge in [0.15, 0.2) is 0 Å². The van der Waals surface area contributed by atoms with Crippen LogP contribution < -0.4 is 0 Å². The number of rotatable bonds is 4. The van der Waals surface area contributed by atoms with Crippen molar-refractivity contribution in [3.8, 4) is 0 Å². The van der Waals surface area contributed by atoms with E-state index in [0.29, 0.717) is 0 Å². The molecular formula is C17H23BrO. The second kappa shape index (κ2) is 5.80. The predicted octanol–water partition coefficient (Wildman–Crippen LogP) is 4.94. The fourth-order valence-corrected chi connectivity index (χ4v) is 4.08. The van der Waals surface area contributed by atoms with Crippen molar-refractivity contribution >= 4 is 21.5 Å². The second-order valence-electron chi connectivity index (χ2n) is 5.10. The molecule has 1 aromatic rings. The van der Waals surface area contributed by atoms with Crippen molar-refractivity contribution in [3.05, 3.63) is 38.4 Å². The van der Waals surface area contributed by atoms with Gasteiger partial charge in [0, 0.05) is 4.48 Å². The van der Waals surface area contributed by atoms with E-state index in [1.807, 2.05) is 0 Å². The molecule has 1 aliphatic rings. The molecular weight excluding hydrogens is 300 g/mol. The fraction of sp³-hybridized carbons (Fsp3) is 0.529. The Kier molecular flexibility index (Phi) is 4.52. The maximum absolute atomic E-state index is 10.5. The lowest BCUT2D eigenvalue weighted by Crippen LogP contribution is -2.05. The van der Waals surface area contributed by atoms with E-state index < -0.39 is 6.10 Å². The molecule has 2 heteroatoms. The first-order valence-corrected chi connectivity index (χ1v) is 8.14. The summed E-state index contributed by atoms with van der Waals surface area (Å²) in [6.07, 6.45) is 3.65. The van der Waals surface area contributed by atoms with E-state index in [0.717, 1.165) is 35.7 Å². The van der Waals surface area contributed by atoms with E-state index in [-0.39, 0.29) is 0 Å². The van der Waals surface area contributed by atoms with E-state index >= 15 is 0 Å². The molecule has 0 amide bonds. The van der Waals surface area contributed by atoms with Crippen LogP contribution in [0.4, 0.5) is 0 Å². The van der Waals surface area contributed by atoms with Crippen molar-refractivity contribution in [3.63, 3.8) is 0 Å². The molecule has 1 unspecified atom stereocenters. The number of aliphatic hydroxyl groups excluding tert-OH is 1. The molecule has 0 spiro atoms. The van der Waals surface area contributed by atoms with Gasteiger partial charge in [0.25, 0.3) is 0 Å². The van der Waals surface area contributed by atoms with Gasteiger partial charge in [-0.1, -0.05) is 49.7 Å². The number of halogens is 1. The largest absolute Gasteiger partial charge is 0.383 e. The van der Waals surface area contributed by atoms with Crippen LogP contribution in [0.1, 0.15) is 68.0 Å². The molecule has 1 N–H and O–H groups in total. The van der Waals surface area contributed by atoms with Gasteiger partial charge in [0.2, 0.25) is 0 Å². The third-order valence-corrected chi connectivity index (χ3v) is 5.15. The third-order valence-electron chi connectivity index (χ3n) is 4.24. The molecule has 2 rings (SSSR count). The van der Waals surface area contributed by atoms with Gasteiger partial charge in [-0.05, 0) is 59.1 Å². The maximum Gasteiger partial charge on any atom is 0.111 e. The molecule has 104 valence electrons. The molecule has 0 aliphatic heterocycles. The van der Waals surface area contributed by atoms with Crippen LogP contribution in [-0.2, 0) is 19.3 Å². The normalized spacial score (nSPS) is 18.1. The summed E-state index contributed by atoms with van der Waals surface area (Å²) in [5.41, 5.74) is 8.05. The Bertz CT molecular complexity index is 529. The van der Waals surface area contributed by atoms with Gasteiger partial charge in [0.05, 0.1) is 0 Å². The predicted molar refractivity (Wildman–Crippen MR) is 85.7 cm³/mol. The summed E-state index contributed by atoms with van der Waals surface area (Å²) in [6.45, 7) is 8.82. The Morgan fingerprint density at radius 2 is 1.63 bits per heavy atom. The van der Waals surface area contributed by atoms with Gasteiger partial charge in [0.1, 0.15) is 6.10 Å². The molecule has 19 heavy (non-hydrogen) atoms. The Balaban J connectivity index is 2.78. The number of fused-ring (bicyclic) bond motifs is 1. The summed E-state index contributed by atoms with van der Waals surface area (Å²) in [6, 6.07) is 2.22. The summed E-state index contributed by atoms with van der Waals surface area (Å²) in [5.74, 6) is 0. The molecule has 0 saturated heterocycles. The third kappa shape index (κ3) is 2.19. The van der Waals surface area contributed by atoms with Gasteiger partial charge < -0.3 is 5.11 Å². The van der Waals surface area contributed by atoms with E-state index in [1.165, 1.54) is 27.8 Å². The first-order valence-electron chi connectivity index (χ1n) is 7.34. The van der Waals surface area contributed by atoms with Crippen molar-refractivity contribution in [2.75, 3.05) is 0 Å². The van der Waals surface area contributed by atoms with Crippen molar-refractivity contribution in [2.24, 2.45) is 0 Å². The van der Waals surface area contributed by atoms with Crippen LogP contribution in [0.15, 0.2) is 10.5 Å². The molecule has 0 fully saturated rings. The zero-order valence-corrected chi connectivity index (χ0v) is 13.9. The van der Waals surface area contributed by atoms with Crippen LogP contribution in [0, 0.1) is 0 Å². The molecule has 1 aliphatic carbocycles. The monoisotopic (exact) mass is 322 g/mol. The van der Waals surface area contributed by atoms with Crippen molar-refractivity contribution in [2.45, 2.75) is 59.5 Å². The molecule has 1 atom stereocenters. The number of aliphatic hydroxyl groups is 1. The van der Waals surface area contributed by atoms with Crippen LogP contribution in [-0.4, -0.2) is 5.11 Å². The zero-order chi connectivity index (χ0) is 14.2. The van der Waals surface area contributed by atoms with Crippen LogP contribution in [0.25, 0.3) is 5.57 Å². The summed E-state index contributed by atoms with van der Waals surface area (Å²) in [5, 5.41) is 10.5. The number of allylic oxidation sites excluding steroid dienone is 1. The molecule has 0 aromatic heterocycles. The maximum atomic E-state index is 10.5. The van der Waals surface area contributed by atoms with E-state index in [9.17, 15) is 5.11 Å². The summed E-state index contributed by atoms with van der Waals surface area (Å²) in [7, 11) is 0. The van der Waals surface area contributed by atoms with E-state index in [1.54, 1.807) is 0 Å². The Hall–Kier alpha value is -0.600. The van der Waals surface area contributed by atoms with Gasteiger partial charge in [-0.2, -0.15) is 0 Å². The number of hydrogen-bond acceptors (Lipinski definition) is 1. The van der Waals surface area contributed by atoms with Gasteiger partial charge in [-0.15, -0.1) is 0 Å². The average Bonchev–Trinajstić information content (AvgIpc) is 2.68. The lowest BCUT2D eigenvalue weighted by molar-refractivity contribution is 0.229. The van der Waals surface area contributed by atoms with Crippen LogP contribution in [0.2, 0.25) is 0 Å². The molecule has 0 radical (unpaired) electrons. The Morgan fingerprint density at radius 1 is 1.00 bits per heavy atom. The standard InChI is InChI=1S/C17H23BrO/c1-5-10-9-14-15(12(7-3)11(10)6-2)13(8-4)16(18)17(14)19/h9,17,19H,5-8H2,1-4H3. The minimum Gasteiger partial charge on any atom is -0.383 e. The molecule has 1 nitrogen and oxygen atoms in total. The zero-order valence-electron chi connectivity index (χ0n) is 12.3. The van der Waals surface area contributed by atoms with Crippen LogP contribution in [0.3, 0.4) is 0 Å². The highest BCUT2D eigenvalue weighted by Crippen LogP contribution is 2.47. The highest BCUT2D eigenvalue weighted by atomic mass is 79.9. The number of hydrogen-bond donors (Lipinski definition) is 1. The van der Waals surface area contributed by atoms with Crippen molar-refractivity contribution < 1.29 is 5.11 Å². The lowest BCUT2D eigenvalue weighted by atomic mass is 9.86. The fourth-order valence-electron chi connectivity index (χ4n) is 3.35. The smallest absolute Gasteiger partial charge is 0.111 e. The van der Waals surface area contributed by atoms with Gasteiger partial charge in [-0.25, -0.2) is 0 Å². The Morgan fingerprint density at radius 3 is 2.11 bits per heavy atom. The number of aryl methyl sites for hydroxylation is 1. The highest BCUT2D eigenvalue weighted by Gasteiger charge is 2.31. The summed E-state index contributed by atoms with van der Waals surface area (Å²) >= 11 is 3.60. The molecule has 1 aromatic carbocycles. The van der Waals surface area contributed by atoms with Crippen molar-refractivity contribution in [1.29, 1.82) is 0 Å². The lowest BCUT2D eigenvalue weighted by Gasteiger charge is -2.19. The topological polar surface area (TPSA) is 20.2 Å². The highest BCUT2D eigenvalue weighted by molar-refractivity contribution is 9.11. The van der Waals surface area contributed by atoms with Crippen molar-refractivity contribution in [1.82, 2.24) is 0 Å². The minimum absolute atomic E-state index is 0.466. The SMILES string of the molecule is CCC1=C(Br)C(O)c2cc(CC)c(CC)c(CC)c21. The van der Waals surface area contributed by atoms with Gasteiger partial charge >= 0.3 is 0 Å². The minimum atomic E-state index is -0.466. The van der Waals surface area contributed by atoms with Gasteiger partial charge in [-0.3, -0.25) is 0 Å². The summed E-state index contributed by atoms with van der Waals surface area (Å²) in [4.78, 5) is 0. The van der Waals surface area contributed by atoms with E-state index in [2.05, 4.69) is 49.7 Å². The Labute approximate surface area is 124 Å². The molecule has 0 heterocycles. The van der Waals surface area contributed by atoms with E-state index in [4.69, 9.17) is 0 Å².